The van der Waals surface area contributed by atoms with Gasteiger partial charge in [0.1, 0.15) is 11.5 Å². The molecule has 0 spiro atoms. The van der Waals surface area contributed by atoms with E-state index in [2.05, 4.69) is 0 Å². The first-order valence-electron chi connectivity index (χ1n) is 5.94. The van der Waals surface area contributed by atoms with E-state index in [0.29, 0.717) is 18.1 Å². The van der Waals surface area contributed by atoms with Gasteiger partial charge in [-0.2, -0.15) is 0 Å². The minimum absolute atomic E-state index is 0.321. The molecule has 0 aliphatic carbocycles. The molecule has 5 nitrogen and oxygen atoms in total. The Balaban J connectivity index is 2.61. The Morgan fingerprint density at radius 3 is 2.61 bits per heavy atom. The summed E-state index contributed by atoms with van der Waals surface area (Å²) < 4.78 is 15.8. The molecule has 0 radical (unpaired) electrons. The summed E-state index contributed by atoms with van der Waals surface area (Å²) in [5.74, 6) is 1.05. The van der Waals surface area contributed by atoms with Crippen molar-refractivity contribution < 1.29 is 24.2 Å². The summed E-state index contributed by atoms with van der Waals surface area (Å²) in [4.78, 5) is 0. The Morgan fingerprint density at radius 1 is 1.33 bits per heavy atom. The standard InChI is InChI=1S/C12H19BO5/c1-4-7-16-10(3)17-12-6-5-11(8-9(12)2)18-13(14)15/h5-6,8,10,14-15H,4,7H2,1-3H3. The van der Waals surface area contributed by atoms with E-state index in [-0.39, 0.29) is 6.29 Å². The molecule has 0 heterocycles. The number of hydrogen-bond donors (Lipinski definition) is 2. The normalized spacial score (nSPS) is 12.1. The third-order valence-electron chi connectivity index (χ3n) is 2.24. The lowest BCUT2D eigenvalue weighted by Gasteiger charge is -2.17. The summed E-state index contributed by atoms with van der Waals surface area (Å²) in [6.07, 6.45) is 0.618. The summed E-state index contributed by atoms with van der Waals surface area (Å²) in [6, 6.07) is 4.98. The van der Waals surface area contributed by atoms with E-state index in [4.69, 9.17) is 24.2 Å². The van der Waals surface area contributed by atoms with Crippen LogP contribution in [0.5, 0.6) is 11.5 Å². The zero-order chi connectivity index (χ0) is 13.5. The van der Waals surface area contributed by atoms with Crippen molar-refractivity contribution in [3.8, 4) is 11.5 Å². The van der Waals surface area contributed by atoms with E-state index in [1.165, 1.54) is 0 Å². The highest BCUT2D eigenvalue weighted by Gasteiger charge is 2.13. The Kier molecular flexibility index (Phi) is 5.98. The highest BCUT2D eigenvalue weighted by molar-refractivity contribution is 6.33. The number of ether oxygens (including phenoxy) is 2. The molecule has 1 aromatic carbocycles. The number of rotatable bonds is 7. The summed E-state index contributed by atoms with van der Waals surface area (Å²) in [6.45, 7) is 6.36. The van der Waals surface area contributed by atoms with Crippen molar-refractivity contribution in [1.82, 2.24) is 0 Å². The molecule has 1 unspecified atom stereocenters. The predicted molar refractivity (Wildman–Crippen MR) is 68.3 cm³/mol. The molecule has 0 saturated heterocycles. The molecular formula is C12H19BO5. The Morgan fingerprint density at radius 2 is 2.06 bits per heavy atom. The summed E-state index contributed by atoms with van der Waals surface area (Å²) in [7, 11) is -1.82. The van der Waals surface area contributed by atoms with Gasteiger partial charge in [-0.25, -0.2) is 0 Å². The van der Waals surface area contributed by atoms with Crippen LogP contribution in [0.1, 0.15) is 25.8 Å². The molecule has 0 saturated carbocycles. The van der Waals surface area contributed by atoms with Crippen molar-refractivity contribution in [1.29, 1.82) is 0 Å². The molecule has 0 aliphatic rings. The van der Waals surface area contributed by atoms with Gasteiger partial charge in [-0.1, -0.05) is 6.92 Å². The van der Waals surface area contributed by atoms with Gasteiger partial charge in [-0.15, -0.1) is 0 Å². The summed E-state index contributed by atoms with van der Waals surface area (Å²) >= 11 is 0. The van der Waals surface area contributed by atoms with Gasteiger partial charge in [-0.3, -0.25) is 0 Å². The van der Waals surface area contributed by atoms with Crippen LogP contribution >= 0.6 is 0 Å². The zero-order valence-corrected chi connectivity index (χ0v) is 10.9. The molecule has 0 fully saturated rings. The van der Waals surface area contributed by atoms with Gasteiger partial charge in [0, 0.05) is 0 Å². The van der Waals surface area contributed by atoms with Gasteiger partial charge in [0.05, 0.1) is 6.61 Å². The van der Waals surface area contributed by atoms with E-state index in [1.807, 2.05) is 20.8 Å². The maximum atomic E-state index is 8.69. The van der Waals surface area contributed by atoms with Gasteiger partial charge < -0.3 is 24.2 Å². The van der Waals surface area contributed by atoms with E-state index in [0.717, 1.165) is 12.0 Å². The highest BCUT2D eigenvalue weighted by Crippen LogP contribution is 2.24. The van der Waals surface area contributed by atoms with Crippen molar-refractivity contribution in [2.24, 2.45) is 0 Å². The van der Waals surface area contributed by atoms with Crippen molar-refractivity contribution in [2.45, 2.75) is 33.5 Å². The van der Waals surface area contributed by atoms with Crippen LogP contribution in [-0.2, 0) is 4.74 Å². The molecule has 6 heteroatoms. The second-order valence-electron chi connectivity index (χ2n) is 3.93. The molecule has 0 amide bonds. The first kappa shape index (κ1) is 14.8. The van der Waals surface area contributed by atoms with Crippen LogP contribution in [0.2, 0.25) is 0 Å². The number of hydrogen-bond acceptors (Lipinski definition) is 5. The topological polar surface area (TPSA) is 68.2 Å². The second-order valence-corrected chi connectivity index (χ2v) is 3.93. The van der Waals surface area contributed by atoms with Gasteiger partial charge in [0.2, 0.25) is 0 Å². The third-order valence-corrected chi connectivity index (χ3v) is 2.24. The van der Waals surface area contributed by atoms with Crippen LogP contribution in [0.3, 0.4) is 0 Å². The average Bonchev–Trinajstić information content (AvgIpc) is 2.29. The monoisotopic (exact) mass is 254 g/mol. The van der Waals surface area contributed by atoms with Crippen LogP contribution < -0.4 is 9.39 Å². The van der Waals surface area contributed by atoms with Gasteiger partial charge in [-0.05, 0) is 44.0 Å². The average molecular weight is 254 g/mol. The fourth-order valence-electron chi connectivity index (χ4n) is 1.45. The van der Waals surface area contributed by atoms with Gasteiger partial charge in [0.25, 0.3) is 0 Å². The first-order valence-corrected chi connectivity index (χ1v) is 5.94. The van der Waals surface area contributed by atoms with Crippen LogP contribution in [-0.4, -0.2) is 30.3 Å². The largest absolute Gasteiger partial charge is 0.707 e. The lowest BCUT2D eigenvalue weighted by molar-refractivity contribution is -0.0666. The Labute approximate surface area is 107 Å². The van der Waals surface area contributed by atoms with Crippen LogP contribution in [0.25, 0.3) is 0 Å². The maximum Gasteiger partial charge on any atom is 0.707 e. The molecule has 100 valence electrons. The van der Waals surface area contributed by atoms with Crippen molar-refractivity contribution >= 4 is 7.32 Å². The molecule has 18 heavy (non-hydrogen) atoms. The van der Waals surface area contributed by atoms with Crippen molar-refractivity contribution in [2.75, 3.05) is 6.61 Å². The SMILES string of the molecule is CCCOC(C)Oc1ccc(OB(O)O)cc1C. The molecule has 1 atom stereocenters. The van der Waals surface area contributed by atoms with Crippen LogP contribution in [0.4, 0.5) is 0 Å². The van der Waals surface area contributed by atoms with Crippen molar-refractivity contribution in [3.05, 3.63) is 23.8 Å². The fraction of sp³-hybridized carbons (Fsp3) is 0.500. The molecule has 1 aromatic rings. The smallest absolute Gasteiger partial charge is 0.512 e. The molecule has 0 aliphatic heterocycles. The third kappa shape index (κ3) is 4.95. The highest BCUT2D eigenvalue weighted by atomic mass is 16.7. The minimum atomic E-state index is -1.82. The van der Waals surface area contributed by atoms with Gasteiger partial charge in [0.15, 0.2) is 6.29 Å². The molecule has 2 N–H and O–H groups in total. The van der Waals surface area contributed by atoms with E-state index in [1.54, 1.807) is 18.2 Å². The lowest BCUT2D eigenvalue weighted by Crippen LogP contribution is -2.20. The maximum absolute atomic E-state index is 8.69. The Hall–Kier alpha value is -1.24. The molecular weight excluding hydrogens is 235 g/mol. The first-order chi connectivity index (χ1) is 8.52. The molecule has 0 bridgehead atoms. The predicted octanol–water partition coefficient (Wildman–Crippen LogP) is 1.49. The van der Waals surface area contributed by atoms with E-state index >= 15 is 0 Å². The van der Waals surface area contributed by atoms with Crippen molar-refractivity contribution in [3.63, 3.8) is 0 Å². The summed E-state index contributed by atoms with van der Waals surface area (Å²) in [5.41, 5.74) is 0.833. The second kappa shape index (κ2) is 7.26. The number of benzene rings is 1. The zero-order valence-electron chi connectivity index (χ0n) is 10.9. The van der Waals surface area contributed by atoms with Crippen LogP contribution in [0, 0.1) is 6.92 Å². The summed E-state index contributed by atoms with van der Waals surface area (Å²) in [5, 5.41) is 17.4. The Bertz CT molecular complexity index is 369. The quantitative estimate of drug-likeness (QED) is 0.570. The van der Waals surface area contributed by atoms with E-state index < -0.39 is 7.32 Å². The lowest BCUT2D eigenvalue weighted by atomic mass is 10.2. The fourth-order valence-corrected chi connectivity index (χ4v) is 1.45. The molecule has 1 rings (SSSR count). The van der Waals surface area contributed by atoms with E-state index in [9.17, 15) is 0 Å². The van der Waals surface area contributed by atoms with Gasteiger partial charge >= 0.3 is 7.32 Å². The minimum Gasteiger partial charge on any atom is -0.512 e. The number of aryl methyl sites for hydroxylation is 1. The van der Waals surface area contributed by atoms with Crippen LogP contribution in [0.15, 0.2) is 18.2 Å². The molecule has 0 aromatic heterocycles.